The van der Waals surface area contributed by atoms with Crippen LogP contribution < -0.4 is 15.2 Å². The van der Waals surface area contributed by atoms with Gasteiger partial charge in [0.15, 0.2) is 0 Å². The zero-order chi connectivity index (χ0) is 14.3. The number of para-hydroxylation sites is 2. The normalized spacial score (nSPS) is 13.2. The largest absolute Gasteiger partial charge is 0.490 e. The summed E-state index contributed by atoms with van der Waals surface area (Å²) in [4.78, 5) is 0. The SMILES string of the molecule is Nc1ccccc1OCCS(=O)(=O)NCC(O)CO. The van der Waals surface area contributed by atoms with Crippen molar-refractivity contribution in [2.75, 3.05) is 31.2 Å². The van der Waals surface area contributed by atoms with Crippen LogP contribution >= 0.6 is 0 Å². The quantitative estimate of drug-likeness (QED) is 0.452. The predicted molar refractivity (Wildman–Crippen MR) is 71.2 cm³/mol. The molecule has 0 aliphatic heterocycles. The second kappa shape index (κ2) is 7.29. The molecule has 0 aliphatic carbocycles. The van der Waals surface area contributed by atoms with E-state index in [9.17, 15) is 8.42 Å². The summed E-state index contributed by atoms with van der Waals surface area (Å²) in [6.45, 7) is -0.787. The van der Waals surface area contributed by atoms with Crippen molar-refractivity contribution in [3.8, 4) is 5.75 Å². The first kappa shape index (κ1) is 15.7. The Kier molecular flexibility index (Phi) is 6.03. The topological polar surface area (TPSA) is 122 Å². The summed E-state index contributed by atoms with van der Waals surface area (Å²) in [5.41, 5.74) is 6.07. The molecule has 1 rings (SSSR count). The number of rotatable bonds is 8. The number of nitrogen functional groups attached to an aromatic ring is 1. The van der Waals surface area contributed by atoms with Crippen molar-refractivity contribution in [3.05, 3.63) is 24.3 Å². The van der Waals surface area contributed by atoms with Gasteiger partial charge in [-0.05, 0) is 12.1 Å². The summed E-state index contributed by atoms with van der Waals surface area (Å²) < 4.78 is 30.4. The van der Waals surface area contributed by atoms with Gasteiger partial charge in [-0.2, -0.15) is 0 Å². The first-order valence-corrected chi connectivity index (χ1v) is 7.33. The summed E-state index contributed by atoms with van der Waals surface area (Å²) in [5, 5.41) is 17.6. The fourth-order valence-corrected chi connectivity index (χ4v) is 2.13. The highest BCUT2D eigenvalue weighted by Crippen LogP contribution is 2.19. The van der Waals surface area contributed by atoms with Crippen molar-refractivity contribution in [2.45, 2.75) is 6.10 Å². The number of aliphatic hydroxyl groups excluding tert-OH is 2. The molecule has 1 aromatic carbocycles. The monoisotopic (exact) mass is 290 g/mol. The number of nitrogens with one attached hydrogen (secondary N) is 1. The molecule has 0 aromatic heterocycles. The van der Waals surface area contributed by atoms with Crippen molar-refractivity contribution in [1.82, 2.24) is 4.72 Å². The van der Waals surface area contributed by atoms with Gasteiger partial charge in [0.2, 0.25) is 10.0 Å². The molecule has 0 saturated heterocycles. The molecule has 0 spiro atoms. The van der Waals surface area contributed by atoms with Crippen LogP contribution in [0.3, 0.4) is 0 Å². The molecule has 1 atom stereocenters. The van der Waals surface area contributed by atoms with E-state index in [1.54, 1.807) is 24.3 Å². The highest BCUT2D eigenvalue weighted by Gasteiger charge is 2.13. The third kappa shape index (κ3) is 5.88. The van der Waals surface area contributed by atoms with E-state index in [0.717, 1.165) is 0 Å². The second-order valence-electron chi connectivity index (χ2n) is 3.89. The average molecular weight is 290 g/mol. The molecular formula is C11H18N2O5S. The third-order valence-corrected chi connectivity index (χ3v) is 3.59. The van der Waals surface area contributed by atoms with Crippen LogP contribution in [0.15, 0.2) is 24.3 Å². The molecule has 0 radical (unpaired) electrons. The number of hydrogen-bond donors (Lipinski definition) is 4. The molecule has 0 amide bonds. The molecule has 8 heteroatoms. The van der Waals surface area contributed by atoms with Gasteiger partial charge in [0.25, 0.3) is 0 Å². The van der Waals surface area contributed by atoms with Gasteiger partial charge < -0.3 is 20.7 Å². The fraction of sp³-hybridized carbons (Fsp3) is 0.455. The van der Waals surface area contributed by atoms with E-state index < -0.39 is 22.7 Å². The number of ether oxygens (including phenoxy) is 1. The molecule has 7 nitrogen and oxygen atoms in total. The maximum Gasteiger partial charge on any atom is 0.215 e. The van der Waals surface area contributed by atoms with E-state index in [2.05, 4.69) is 4.72 Å². The number of hydrogen-bond acceptors (Lipinski definition) is 6. The minimum Gasteiger partial charge on any atom is -0.490 e. The number of nitrogens with two attached hydrogens (primary N) is 1. The Balaban J connectivity index is 2.38. The Morgan fingerprint density at radius 2 is 2.05 bits per heavy atom. The Morgan fingerprint density at radius 1 is 1.37 bits per heavy atom. The van der Waals surface area contributed by atoms with Crippen LogP contribution in [0.2, 0.25) is 0 Å². The van der Waals surface area contributed by atoms with Crippen LogP contribution in [0.25, 0.3) is 0 Å². The Labute approximate surface area is 112 Å². The Hall–Kier alpha value is -1.35. The van der Waals surface area contributed by atoms with Gasteiger partial charge in [-0.15, -0.1) is 0 Å². The first-order valence-electron chi connectivity index (χ1n) is 5.68. The van der Waals surface area contributed by atoms with Crippen LogP contribution in [0, 0.1) is 0 Å². The van der Waals surface area contributed by atoms with E-state index in [1.165, 1.54) is 0 Å². The lowest BCUT2D eigenvalue weighted by molar-refractivity contribution is 0.0988. The van der Waals surface area contributed by atoms with Crippen molar-refractivity contribution in [1.29, 1.82) is 0 Å². The summed E-state index contributed by atoms with van der Waals surface area (Å²) in [7, 11) is -3.56. The van der Waals surface area contributed by atoms with Gasteiger partial charge in [-0.25, -0.2) is 13.1 Å². The molecule has 108 valence electrons. The zero-order valence-electron chi connectivity index (χ0n) is 10.3. The number of sulfonamides is 1. The summed E-state index contributed by atoms with van der Waals surface area (Å²) in [6, 6.07) is 6.78. The van der Waals surface area contributed by atoms with Gasteiger partial charge >= 0.3 is 0 Å². The predicted octanol–water partition coefficient (Wildman–Crippen LogP) is -1.08. The molecule has 5 N–H and O–H groups in total. The third-order valence-electron chi connectivity index (χ3n) is 2.28. The first-order chi connectivity index (χ1) is 8.94. The maximum absolute atomic E-state index is 11.5. The average Bonchev–Trinajstić information content (AvgIpc) is 2.38. The molecule has 1 unspecified atom stereocenters. The van der Waals surface area contributed by atoms with Crippen LogP contribution in [-0.2, 0) is 10.0 Å². The van der Waals surface area contributed by atoms with E-state index in [4.69, 9.17) is 20.7 Å². The van der Waals surface area contributed by atoms with E-state index in [1.807, 2.05) is 0 Å². The molecule has 0 aliphatic rings. The highest BCUT2D eigenvalue weighted by atomic mass is 32.2. The lowest BCUT2D eigenvalue weighted by Gasteiger charge is -2.11. The van der Waals surface area contributed by atoms with Gasteiger partial charge in [0.05, 0.1) is 24.2 Å². The number of benzene rings is 1. The lowest BCUT2D eigenvalue weighted by atomic mass is 10.3. The molecule has 1 aromatic rings. The molecule has 0 fully saturated rings. The number of aliphatic hydroxyl groups is 2. The highest BCUT2D eigenvalue weighted by molar-refractivity contribution is 7.89. The van der Waals surface area contributed by atoms with Crippen LogP contribution in [-0.4, -0.2) is 50.2 Å². The smallest absolute Gasteiger partial charge is 0.215 e. The van der Waals surface area contributed by atoms with E-state index >= 15 is 0 Å². The van der Waals surface area contributed by atoms with E-state index in [0.29, 0.717) is 11.4 Å². The Morgan fingerprint density at radius 3 is 2.68 bits per heavy atom. The molecular weight excluding hydrogens is 272 g/mol. The lowest BCUT2D eigenvalue weighted by Crippen LogP contribution is -2.36. The molecule has 19 heavy (non-hydrogen) atoms. The number of anilines is 1. The molecule has 0 heterocycles. The standard InChI is InChI=1S/C11H18N2O5S/c12-10-3-1-2-4-11(10)18-5-6-19(16,17)13-7-9(15)8-14/h1-4,9,13-15H,5-8,12H2. The molecule has 0 bridgehead atoms. The van der Waals surface area contributed by atoms with Crippen molar-refractivity contribution in [2.24, 2.45) is 0 Å². The summed E-state index contributed by atoms with van der Waals surface area (Å²) in [6.07, 6.45) is -1.11. The minimum atomic E-state index is -3.56. The fourth-order valence-electron chi connectivity index (χ4n) is 1.23. The second-order valence-corrected chi connectivity index (χ2v) is 5.82. The van der Waals surface area contributed by atoms with Crippen LogP contribution in [0.1, 0.15) is 0 Å². The van der Waals surface area contributed by atoms with Crippen LogP contribution in [0.5, 0.6) is 5.75 Å². The van der Waals surface area contributed by atoms with Crippen molar-refractivity contribution >= 4 is 15.7 Å². The minimum absolute atomic E-state index is 0.0568. The maximum atomic E-state index is 11.5. The van der Waals surface area contributed by atoms with E-state index in [-0.39, 0.29) is 18.9 Å². The van der Waals surface area contributed by atoms with Crippen molar-refractivity contribution in [3.63, 3.8) is 0 Å². The Bertz CT molecular complexity index is 492. The van der Waals surface area contributed by atoms with Gasteiger partial charge in [-0.3, -0.25) is 0 Å². The summed E-state index contributed by atoms with van der Waals surface area (Å²) in [5.74, 6) is 0.160. The molecule has 0 saturated carbocycles. The van der Waals surface area contributed by atoms with Crippen LogP contribution in [0.4, 0.5) is 5.69 Å². The van der Waals surface area contributed by atoms with Crippen molar-refractivity contribution < 1.29 is 23.4 Å². The van der Waals surface area contributed by atoms with Gasteiger partial charge in [-0.1, -0.05) is 12.1 Å². The van der Waals surface area contributed by atoms with Gasteiger partial charge in [0.1, 0.15) is 12.4 Å². The zero-order valence-corrected chi connectivity index (χ0v) is 11.1. The van der Waals surface area contributed by atoms with Gasteiger partial charge in [0, 0.05) is 6.54 Å². The summed E-state index contributed by atoms with van der Waals surface area (Å²) >= 11 is 0.